The molecule has 8 fully saturated rings. The van der Waals surface area contributed by atoms with E-state index in [9.17, 15) is 0 Å². The molecule has 0 amide bonds. The first kappa shape index (κ1) is 38.4. The molecule has 7 heterocycles. The third-order valence-electron chi connectivity index (χ3n) is 26.2. The molecule has 2 spiro atoms. The highest BCUT2D eigenvalue weighted by Crippen LogP contribution is 2.77. The third-order valence-corrected chi connectivity index (χ3v) is 26.2. The van der Waals surface area contributed by atoms with Crippen LogP contribution in [0.25, 0.3) is 44.7 Å². The Morgan fingerprint density at radius 2 is 0.789 bits per heavy atom. The largest absolute Gasteiger partial charge is 0.298 e. The molecular formula is C65H70BN5. The molecule has 16 aliphatic rings. The van der Waals surface area contributed by atoms with Gasteiger partial charge >= 0.3 is 0 Å². The highest BCUT2D eigenvalue weighted by Gasteiger charge is 2.67. The van der Waals surface area contributed by atoms with Gasteiger partial charge in [-0.2, -0.15) is 0 Å². The molecule has 5 aromatic heterocycles. The number of imidazole rings is 2. The SMILES string of the molecule is CC(C)(C)c1nc(C(C)(C)C)c2c3c1-n1c4cc5c(cc4n4c6c(c(c14)B3c1c3c(n4c7cc8c(cc7n-2c14)C1CC2CC4CC8CC24C1)C1CCC3CC1)C1CCC6CC1)C1CC2CC3CC5CC32C1. The molecule has 7 aromatic rings. The molecule has 0 saturated heterocycles. The minimum atomic E-state index is -0.155. The number of aromatic nitrogens is 5. The van der Waals surface area contributed by atoms with E-state index in [-0.39, 0.29) is 17.5 Å². The van der Waals surface area contributed by atoms with Crippen LogP contribution in [-0.4, -0.2) is 29.6 Å². The van der Waals surface area contributed by atoms with Crippen molar-refractivity contribution in [3.05, 3.63) is 80.4 Å². The van der Waals surface area contributed by atoms with Gasteiger partial charge in [-0.25, -0.2) is 0 Å². The third kappa shape index (κ3) is 3.85. The van der Waals surface area contributed by atoms with Crippen molar-refractivity contribution in [1.82, 2.24) is 22.9 Å². The lowest BCUT2D eigenvalue weighted by Gasteiger charge is -2.48. The molecule has 10 bridgehead atoms. The average molecular weight is 932 g/mol. The van der Waals surface area contributed by atoms with E-state index in [2.05, 4.69) is 83.7 Å². The van der Waals surface area contributed by atoms with Crippen molar-refractivity contribution in [2.24, 2.45) is 34.5 Å². The van der Waals surface area contributed by atoms with Crippen molar-refractivity contribution >= 4 is 56.5 Å². The molecule has 10 unspecified atom stereocenters. The molecule has 23 rings (SSSR count). The maximum atomic E-state index is 6.32. The van der Waals surface area contributed by atoms with Crippen LogP contribution in [-0.2, 0) is 10.8 Å². The van der Waals surface area contributed by atoms with Crippen LogP contribution in [0.2, 0.25) is 0 Å². The van der Waals surface area contributed by atoms with Gasteiger partial charge in [-0.05, 0) is 271 Å². The summed E-state index contributed by atoms with van der Waals surface area (Å²) in [5.41, 5.74) is 35.2. The Balaban J connectivity index is 0.966. The van der Waals surface area contributed by atoms with E-state index in [1.807, 2.05) is 11.1 Å². The Labute approximate surface area is 419 Å². The van der Waals surface area contributed by atoms with Crippen LogP contribution in [0.5, 0.6) is 0 Å². The number of nitrogens with zero attached hydrogens (tertiary/aromatic N) is 5. The summed E-state index contributed by atoms with van der Waals surface area (Å²) in [4.78, 5) is 6.32. The number of hydrogen-bond donors (Lipinski definition) is 0. The molecule has 0 N–H and O–H groups in total. The van der Waals surface area contributed by atoms with E-state index in [1.54, 1.807) is 72.4 Å². The van der Waals surface area contributed by atoms with Gasteiger partial charge in [0.05, 0.1) is 44.8 Å². The Kier molecular flexibility index (Phi) is 6.08. The lowest BCUT2D eigenvalue weighted by Crippen LogP contribution is -2.62. The van der Waals surface area contributed by atoms with E-state index in [0.29, 0.717) is 34.5 Å². The highest BCUT2D eigenvalue weighted by molar-refractivity contribution is 7.00. The van der Waals surface area contributed by atoms with Crippen molar-refractivity contribution in [1.29, 1.82) is 0 Å². The van der Waals surface area contributed by atoms with E-state index in [4.69, 9.17) is 4.98 Å². The number of hydrogen-bond acceptors (Lipinski definition) is 1. The summed E-state index contributed by atoms with van der Waals surface area (Å²) in [6, 6.07) is 11.5. The Bertz CT molecular complexity index is 3570. The zero-order chi connectivity index (χ0) is 46.2. The molecule has 8 saturated carbocycles. The van der Waals surface area contributed by atoms with Crippen LogP contribution >= 0.6 is 0 Å². The second kappa shape index (κ2) is 11.2. The van der Waals surface area contributed by atoms with Gasteiger partial charge in [0, 0.05) is 22.2 Å². The zero-order valence-corrected chi connectivity index (χ0v) is 43.3. The summed E-state index contributed by atoms with van der Waals surface area (Å²) in [5, 5.41) is 0. The summed E-state index contributed by atoms with van der Waals surface area (Å²) in [6.07, 6.45) is 25.6. The summed E-state index contributed by atoms with van der Waals surface area (Å²) < 4.78 is 12.0. The van der Waals surface area contributed by atoms with Gasteiger partial charge in [-0.1, -0.05) is 41.5 Å². The summed E-state index contributed by atoms with van der Waals surface area (Å²) in [7, 11) is 0. The molecule has 10 atom stereocenters. The lowest BCUT2D eigenvalue weighted by molar-refractivity contribution is 0.00321. The number of benzene rings is 2. The molecule has 2 aromatic carbocycles. The van der Waals surface area contributed by atoms with Crippen molar-refractivity contribution < 1.29 is 0 Å². The van der Waals surface area contributed by atoms with Crippen LogP contribution in [0.4, 0.5) is 0 Å². The quantitative estimate of drug-likeness (QED) is 0.139. The van der Waals surface area contributed by atoms with Gasteiger partial charge in [-0.3, -0.25) is 22.9 Å². The second-order valence-electron chi connectivity index (χ2n) is 30.6. The minimum absolute atomic E-state index is 0.155. The van der Waals surface area contributed by atoms with Crippen LogP contribution in [0, 0.1) is 34.5 Å². The first-order valence-electron chi connectivity index (χ1n) is 30.0. The van der Waals surface area contributed by atoms with Gasteiger partial charge in [-0.15, -0.1) is 0 Å². The molecule has 5 nitrogen and oxygen atoms in total. The minimum Gasteiger partial charge on any atom is -0.298 e. The molecule has 2 aliphatic heterocycles. The Morgan fingerprint density at radius 1 is 0.437 bits per heavy atom. The van der Waals surface area contributed by atoms with Gasteiger partial charge in [0.15, 0.2) is 0 Å². The fourth-order valence-corrected chi connectivity index (χ4v) is 23.8. The van der Waals surface area contributed by atoms with Crippen molar-refractivity contribution in [3.63, 3.8) is 0 Å². The highest BCUT2D eigenvalue weighted by atomic mass is 15.2. The van der Waals surface area contributed by atoms with E-state index >= 15 is 0 Å². The number of fused-ring (bicyclic) bond motifs is 24. The van der Waals surface area contributed by atoms with E-state index < -0.39 is 0 Å². The summed E-state index contributed by atoms with van der Waals surface area (Å²) in [5.74, 6) is 9.51. The van der Waals surface area contributed by atoms with Crippen molar-refractivity contribution in [3.8, 4) is 11.4 Å². The Hall–Kier alpha value is -4.19. The Morgan fingerprint density at radius 3 is 1.15 bits per heavy atom. The van der Waals surface area contributed by atoms with Gasteiger partial charge in [0.1, 0.15) is 11.3 Å². The topological polar surface area (TPSA) is 31.6 Å². The molecule has 6 heteroatoms. The van der Waals surface area contributed by atoms with Crippen molar-refractivity contribution in [2.75, 3.05) is 0 Å². The first-order valence-corrected chi connectivity index (χ1v) is 30.0. The van der Waals surface area contributed by atoms with Crippen molar-refractivity contribution in [2.45, 2.75) is 215 Å². The molecule has 0 radical (unpaired) electrons. The normalized spacial score (nSPS) is 38.8. The fourth-order valence-electron chi connectivity index (χ4n) is 23.8. The maximum absolute atomic E-state index is 6.32. The zero-order valence-electron chi connectivity index (χ0n) is 43.3. The van der Waals surface area contributed by atoms with Crippen LogP contribution in [0.1, 0.15) is 261 Å². The molecule has 14 aliphatic carbocycles. The maximum Gasteiger partial charge on any atom is 0.257 e. The van der Waals surface area contributed by atoms with Gasteiger partial charge in [0.2, 0.25) is 0 Å². The smallest absolute Gasteiger partial charge is 0.257 e. The monoisotopic (exact) mass is 932 g/mol. The van der Waals surface area contributed by atoms with Gasteiger partial charge < -0.3 is 0 Å². The average Bonchev–Trinajstić information content (AvgIpc) is 4.24. The van der Waals surface area contributed by atoms with E-state index in [0.717, 1.165) is 47.3 Å². The van der Waals surface area contributed by atoms with Crippen LogP contribution in [0.15, 0.2) is 24.3 Å². The van der Waals surface area contributed by atoms with Crippen LogP contribution < -0.4 is 16.4 Å². The predicted molar refractivity (Wildman–Crippen MR) is 286 cm³/mol. The molecular weight excluding hydrogens is 862 g/mol. The van der Waals surface area contributed by atoms with Crippen LogP contribution in [0.3, 0.4) is 0 Å². The summed E-state index contributed by atoms with van der Waals surface area (Å²) in [6.45, 7) is 15.3. The second-order valence-corrected chi connectivity index (χ2v) is 30.6. The van der Waals surface area contributed by atoms with Gasteiger partial charge in [0.25, 0.3) is 6.71 Å². The standard InChI is InChI=1S/C65H70BN5/c1-62(2,3)58-56-53-57(59(67-58)63(4,5)6)71-48-24-44-36-18-40-20-38-16-34(26-65(38,40)28-36)42(44)22-46(48)69-55-32-13-9-30(10-14-32)50(55)52(61(69)71)66(53)51-49-29-7-11-31(12-8-29)54(49)68-45-21-41-33-15-37-19-39-17-35(27-64(37,39)25-33)43(41)23-47(45)70(56)60(51)68/h21-24,29-40H,7-20,25-28H2,1-6H3. The number of rotatable bonds is 0. The summed E-state index contributed by atoms with van der Waals surface area (Å²) >= 11 is 0. The van der Waals surface area contributed by atoms with E-state index in [1.165, 1.54) is 149 Å². The lowest BCUT2D eigenvalue weighted by atomic mass is 9.32. The molecule has 358 valence electrons. The molecule has 71 heavy (non-hydrogen) atoms. The number of pyridine rings is 1. The first-order chi connectivity index (χ1) is 34.4. The predicted octanol–water partition coefficient (Wildman–Crippen LogP) is 13.5. The fraction of sp³-hybridized carbons (Fsp3) is 0.615.